The molecule has 0 spiro atoms. The van der Waals surface area contributed by atoms with E-state index in [1.54, 1.807) is 25.1 Å². The molecule has 0 saturated heterocycles. The number of nitrogens with two attached hydrogens (primary N) is 2. The fraction of sp³-hybridized carbons (Fsp3) is 0.111. The Hall–Kier alpha value is -1.55. The first kappa shape index (κ1) is 12.4. The first-order chi connectivity index (χ1) is 6.09. The van der Waals surface area contributed by atoms with Gasteiger partial charge in [-0.05, 0) is 18.2 Å². The van der Waals surface area contributed by atoms with Crippen LogP contribution in [0, 0.1) is 0 Å². The minimum Gasteiger partial charge on any atom is -1.00 e. The predicted octanol–water partition coefficient (Wildman–Crippen LogP) is -4.12. The van der Waals surface area contributed by atoms with Crippen LogP contribution in [0.2, 0.25) is 0 Å². The van der Waals surface area contributed by atoms with Crippen molar-refractivity contribution in [1.29, 1.82) is 0 Å². The second-order valence-electron chi connectivity index (χ2n) is 2.75. The Bertz CT molecular complexity index is 359. The highest BCUT2D eigenvalue weighted by Gasteiger charge is 2.01. The summed E-state index contributed by atoms with van der Waals surface area (Å²) in [5, 5.41) is 0. The van der Waals surface area contributed by atoms with Gasteiger partial charge in [-0.2, -0.15) is 0 Å². The van der Waals surface area contributed by atoms with Crippen LogP contribution in [-0.4, -0.2) is 11.7 Å². The van der Waals surface area contributed by atoms with E-state index in [2.05, 4.69) is 4.99 Å². The minimum absolute atomic E-state index is 0. The Labute approximate surface area is 88.4 Å². The van der Waals surface area contributed by atoms with Crippen LogP contribution < -0.4 is 28.9 Å². The Morgan fingerprint density at radius 1 is 1.36 bits per heavy atom. The summed E-state index contributed by atoms with van der Waals surface area (Å²) in [5.74, 6) is 0.125. The number of hydrogen-bond acceptors (Lipinski definition) is 1. The van der Waals surface area contributed by atoms with E-state index in [1.165, 1.54) is 0 Å². The van der Waals surface area contributed by atoms with Crippen molar-refractivity contribution < 1.29 is 22.2 Å². The molecule has 0 fully saturated rings. The maximum Gasteiger partial charge on any atom is 0.248 e. The van der Waals surface area contributed by atoms with Crippen molar-refractivity contribution in [1.82, 2.24) is 0 Å². The van der Waals surface area contributed by atoms with Crippen molar-refractivity contribution in [2.75, 3.05) is 0 Å². The summed E-state index contributed by atoms with van der Waals surface area (Å²) >= 11 is 0. The SMILES string of the molecule is CC(N)=[NH+]c1cccc(C(N)=O)c1.[Cl-]. The molecule has 4 nitrogen and oxygen atoms in total. The van der Waals surface area contributed by atoms with Crippen LogP contribution in [0.25, 0.3) is 0 Å². The van der Waals surface area contributed by atoms with Gasteiger partial charge >= 0.3 is 0 Å². The average Bonchev–Trinajstić information content (AvgIpc) is 2.03. The van der Waals surface area contributed by atoms with E-state index in [4.69, 9.17) is 11.5 Å². The molecule has 5 heteroatoms. The van der Waals surface area contributed by atoms with Gasteiger partial charge in [-0.1, -0.05) is 6.07 Å². The molecule has 0 atom stereocenters. The zero-order chi connectivity index (χ0) is 9.84. The third-order valence-electron chi connectivity index (χ3n) is 1.49. The third-order valence-corrected chi connectivity index (χ3v) is 1.49. The number of carbonyl (C=O) groups excluding carboxylic acids is 1. The van der Waals surface area contributed by atoms with Gasteiger partial charge in [-0.25, -0.2) is 4.99 Å². The molecule has 0 saturated carbocycles. The van der Waals surface area contributed by atoms with Gasteiger partial charge in [-0.3, -0.25) is 10.5 Å². The van der Waals surface area contributed by atoms with Crippen LogP contribution in [0.4, 0.5) is 5.69 Å². The average molecular weight is 214 g/mol. The molecule has 0 heterocycles. The lowest BCUT2D eigenvalue weighted by Crippen LogP contribution is -3.00. The quantitative estimate of drug-likeness (QED) is 0.345. The third kappa shape index (κ3) is 3.45. The van der Waals surface area contributed by atoms with E-state index in [1.807, 2.05) is 6.07 Å². The molecular formula is C9H12ClN3O. The van der Waals surface area contributed by atoms with Crippen molar-refractivity contribution in [2.24, 2.45) is 11.5 Å². The number of benzene rings is 1. The van der Waals surface area contributed by atoms with Gasteiger partial charge in [0.25, 0.3) is 0 Å². The van der Waals surface area contributed by atoms with Crippen molar-refractivity contribution in [3.8, 4) is 0 Å². The van der Waals surface area contributed by atoms with E-state index < -0.39 is 5.91 Å². The topological polar surface area (TPSA) is 83.1 Å². The first-order valence-corrected chi connectivity index (χ1v) is 3.85. The lowest BCUT2D eigenvalue weighted by molar-refractivity contribution is -0.355. The standard InChI is InChI=1S/C9H11N3O.ClH/c1-6(10)12-8-4-2-3-7(5-8)9(11)13;/h2-5H,1H3,(H2,10,12)(H2,11,13);1H. The highest BCUT2D eigenvalue weighted by atomic mass is 35.5. The molecule has 0 aliphatic heterocycles. The largest absolute Gasteiger partial charge is 1.00 e. The molecule has 0 radical (unpaired) electrons. The molecule has 14 heavy (non-hydrogen) atoms. The number of carbonyl (C=O) groups is 1. The highest BCUT2D eigenvalue weighted by molar-refractivity contribution is 5.93. The zero-order valence-electron chi connectivity index (χ0n) is 7.75. The van der Waals surface area contributed by atoms with Gasteiger partial charge < -0.3 is 18.1 Å². The van der Waals surface area contributed by atoms with Crippen molar-refractivity contribution in [3.63, 3.8) is 0 Å². The van der Waals surface area contributed by atoms with E-state index in [0.717, 1.165) is 5.69 Å². The number of nitrogens with one attached hydrogen (secondary N) is 1. The number of amidine groups is 1. The number of hydrogen-bond donors (Lipinski definition) is 3. The number of amides is 1. The Balaban J connectivity index is 0.00000169. The summed E-state index contributed by atoms with van der Waals surface area (Å²) < 4.78 is 0. The van der Waals surface area contributed by atoms with Crippen LogP contribution in [0.3, 0.4) is 0 Å². The second-order valence-corrected chi connectivity index (χ2v) is 2.75. The smallest absolute Gasteiger partial charge is 0.248 e. The van der Waals surface area contributed by atoms with E-state index in [9.17, 15) is 4.79 Å². The molecule has 0 aliphatic carbocycles. The summed E-state index contributed by atoms with van der Waals surface area (Å²) in [5.41, 5.74) is 11.8. The molecular weight excluding hydrogens is 202 g/mol. The molecule has 1 rings (SSSR count). The Kier molecular flexibility index (Phi) is 4.66. The number of primary amides is 1. The van der Waals surface area contributed by atoms with Gasteiger partial charge in [-0.15, -0.1) is 0 Å². The Morgan fingerprint density at radius 2 is 2.00 bits per heavy atom. The fourth-order valence-corrected chi connectivity index (χ4v) is 0.978. The molecule has 1 aromatic rings. The Morgan fingerprint density at radius 3 is 2.50 bits per heavy atom. The van der Waals surface area contributed by atoms with Gasteiger partial charge in [0.15, 0.2) is 0 Å². The monoisotopic (exact) mass is 213 g/mol. The van der Waals surface area contributed by atoms with E-state index in [-0.39, 0.29) is 12.4 Å². The summed E-state index contributed by atoms with van der Waals surface area (Å²) in [6, 6.07) is 6.85. The molecule has 0 unspecified atom stereocenters. The fourth-order valence-electron chi connectivity index (χ4n) is 0.978. The van der Waals surface area contributed by atoms with Gasteiger partial charge in [0, 0.05) is 12.5 Å². The molecule has 0 bridgehead atoms. The van der Waals surface area contributed by atoms with Gasteiger partial charge in [0.05, 0.1) is 0 Å². The molecule has 0 aliphatic rings. The maximum atomic E-state index is 10.8. The first-order valence-electron chi connectivity index (χ1n) is 3.85. The van der Waals surface area contributed by atoms with Crippen LogP contribution in [-0.2, 0) is 0 Å². The molecule has 76 valence electrons. The molecule has 1 aromatic carbocycles. The second kappa shape index (κ2) is 5.24. The normalized spacial score (nSPS) is 10.5. The summed E-state index contributed by atoms with van der Waals surface area (Å²) in [4.78, 5) is 13.7. The lowest BCUT2D eigenvalue weighted by Gasteiger charge is -1.95. The maximum absolute atomic E-state index is 10.8. The van der Waals surface area contributed by atoms with Crippen molar-refractivity contribution in [3.05, 3.63) is 29.8 Å². The molecule has 5 N–H and O–H groups in total. The molecule has 0 aromatic heterocycles. The molecule has 1 amide bonds. The summed E-state index contributed by atoms with van der Waals surface area (Å²) in [6.45, 7) is 1.73. The van der Waals surface area contributed by atoms with Gasteiger partial charge in [0.2, 0.25) is 11.7 Å². The number of rotatable bonds is 2. The van der Waals surface area contributed by atoms with Crippen LogP contribution in [0.5, 0.6) is 0 Å². The zero-order valence-corrected chi connectivity index (χ0v) is 8.51. The van der Waals surface area contributed by atoms with Gasteiger partial charge in [0.1, 0.15) is 5.69 Å². The summed E-state index contributed by atoms with van der Waals surface area (Å²) in [7, 11) is 0. The lowest BCUT2D eigenvalue weighted by atomic mass is 10.2. The van der Waals surface area contributed by atoms with Crippen molar-refractivity contribution in [2.45, 2.75) is 6.92 Å². The van der Waals surface area contributed by atoms with E-state index >= 15 is 0 Å². The summed E-state index contributed by atoms with van der Waals surface area (Å²) in [6.07, 6.45) is 0. The van der Waals surface area contributed by atoms with Crippen molar-refractivity contribution >= 4 is 17.4 Å². The van der Waals surface area contributed by atoms with Crippen LogP contribution in [0.15, 0.2) is 24.3 Å². The predicted molar refractivity (Wildman–Crippen MR) is 50.5 cm³/mol. The van der Waals surface area contributed by atoms with Crippen LogP contribution in [0.1, 0.15) is 17.3 Å². The van der Waals surface area contributed by atoms with Crippen LogP contribution >= 0.6 is 0 Å². The van der Waals surface area contributed by atoms with E-state index in [0.29, 0.717) is 11.4 Å². The highest BCUT2D eigenvalue weighted by Crippen LogP contribution is 2.03. The number of halogens is 1. The minimum atomic E-state index is -0.446.